The molecule has 2 aliphatic rings. The first kappa shape index (κ1) is 10.9. The average Bonchev–Trinajstić information content (AvgIpc) is 2.22. The van der Waals surface area contributed by atoms with E-state index in [9.17, 15) is 4.79 Å². The molecule has 0 aromatic heterocycles. The highest BCUT2D eigenvalue weighted by atomic mass is 16.5. The first-order chi connectivity index (χ1) is 7.34. The van der Waals surface area contributed by atoms with Crippen LogP contribution in [0.25, 0.3) is 0 Å². The molecule has 0 bridgehead atoms. The van der Waals surface area contributed by atoms with E-state index in [-0.39, 0.29) is 12.0 Å². The van der Waals surface area contributed by atoms with Crippen LogP contribution in [0.4, 0.5) is 0 Å². The summed E-state index contributed by atoms with van der Waals surface area (Å²) >= 11 is 0. The number of hydrogen-bond acceptors (Lipinski definition) is 3. The van der Waals surface area contributed by atoms with Crippen molar-refractivity contribution in [1.29, 1.82) is 0 Å². The molecule has 4 heteroatoms. The molecule has 0 aromatic carbocycles. The Labute approximate surface area is 90.8 Å². The summed E-state index contributed by atoms with van der Waals surface area (Å²) in [5.74, 6) is 0.730. The summed E-state index contributed by atoms with van der Waals surface area (Å²) in [4.78, 5) is 11.5. The fraction of sp³-hybridized carbons (Fsp3) is 0.909. The molecule has 0 saturated carbocycles. The van der Waals surface area contributed by atoms with E-state index in [1.807, 2.05) is 0 Å². The van der Waals surface area contributed by atoms with Crippen molar-refractivity contribution >= 4 is 5.91 Å². The van der Waals surface area contributed by atoms with Crippen molar-refractivity contribution in [3.63, 3.8) is 0 Å². The van der Waals surface area contributed by atoms with Crippen LogP contribution < -0.4 is 10.6 Å². The molecule has 2 fully saturated rings. The monoisotopic (exact) mass is 212 g/mol. The minimum atomic E-state index is 0.177. The van der Waals surface area contributed by atoms with E-state index in [0.29, 0.717) is 18.9 Å². The Morgan fingerprint density at radius 3 is 2.87 bits per heavy atom. The third-order valence-corrected chi connectivity index (χ3v) is 3.14. The molecule has 2 aliphatic heterocycles. The standard InChI is InChI=1S/C11H20N2O2/c14-11(5-9-6-12-7-9)13-8-10-3-1-2-4-15-10/h9-10,12H,1-8H2,(H,13,14). The van der Waals surface area contributed by atoms with Gasteiger partial charge in [-0.3, -0.25) is 4.79 Å². The second kappa shape index (κ2) is 5.47. The van der Waals surface area contributed by atoms with Gasteiger partial charge in [0.05, 0.1) is 6.10 Å². The molecule has 0 radical (unpaired) electrons. The molecule has 2 heterocycles. The molecule has 2 saturated heterocycles. The molecule has 1 amide bonds. The SMILES string of the molecule is O=C(CC1CNC1)NCC1CCCCO1. The van der Waals surface area contributed by atoms with Gasteiger partial charge in [-0.05, 0) is 38.3 Å². The van der Waals surface area contributed by atoms with E-state index in [0.717, 1.165) is 32.5 Å². The smallest absolute Gasteiger partial charge is 0.220 e. The summed E-state index contributed by atoms with van der Waals surface area (Å²) in [7, 11) is 0. The Hall–Kier alpha value is -0.610. The Bertz CT molecular complexity index is 211. The van der Waals surface area contributed by atoms with E-state index in [2.05, 4.69) is 10.6 Å². The largest absolute Gasteiger partial charge is 0.376 e. The number of carbonyl (C=O) groups excluding carboxylic acids is 1. The van der Waals surface area contributed by atoms with E-state index in [4.69, 9.17) is 4.74 Å². The van der Waals surface area contributed by atoms with Crippen LogP contribution in [0, 0.1) is 5.92 Å². The molecular weight excluding hydrogens is 192 g/mol. The lowest BCUT2D eigenvalue weighted by Crippen LogP contribution is -2.45. The first-order valence-corrected chi connectivity index (χ1v) is 5.93. The quantitative estimate of drug-likeness (QED) is 0.704. The maximum atomic E-state index is 11.5. The molecule has 1 unspecified atom stereocenters. The van der Waals surface area contributed by atoms with E-state index >= 15 is 0 Å². The van der Waals surface area contributed by atoms with Crippen molar-refractivity contribution in [3.8, 4) is 0 Å². The van der Waals surface area contributed by atoms with Gasteiger partial charge in [-0.1, -0.05) is 0 Å². The fourth-order valence-electron chi connectivity index (χ4n) is 2.02. The Morgan fingerprint density at radius 2 is 2.27 bits per heavy atom. The van der Waals surface area contributed by atoms with Gasteiger partial charge in [0, 0.05) is 19.6 Å². The maximum absolute atomic E-state index is 11.5. The van der Waals surface area contributed by atoms with Crippen molar-refractivity contribution in [2.24, 2.45) is 5.92 Å². The van der Waals surface area contributed by atoms with E-state index < -0.39 is 0 Å². The molecule has 2 rings (SSSR count). The molecule has 1 atom stereocenters. The maximum Gasteiger partial charge on any atom is 0.220 e. The van der Waals surface area contributed by atoms with Crippen molar-refractivity contribution in [2.45, 2.75) is 31.8 Å². The van der Waals surface area contributed by atoms with Crippen LogP contribution in [0.1, 0.15) is 25.7 Å². The highest BCUT2D eigenvalue weighted by Crippen LogP contribution is 2.12. The van der Waals surface area contributed by atoms with Gasteiger partial charge >= 0.3 is 0 Å². The highest BCUT2D eigenvalue weighted by molar-refractivity contribution is 5.76. The molecule has 4 nitrogen and oxygen atoms in total. The van der Waals surface area contributed by atoms with Crippen molar-refractivity contribution in [2.75, 3.05) is 26.2 Å². The lowest BCUT2D eigenvalue weighted by Gasteiger charge is -2.27. The number of nitrogens with one attached hydrogen (secondary N) is 2. The van der Waals surface area contributed by atoms with Crippen LogP contribution in [-0.4, -0.2) is 38.3 Å². The third kappa shape index (κ3) is 3.47. The Morgan fingerprint density at radius 1 is 1.40 bits per heavy atom. The molecule has 0 aliphatic carbocycles. The van der Waals surface area contributed by atoms with E-state index in [1.54, 1.807) is 0 Å². The van der Waals surface area contributed by atoms with Crippen molar-refractivity contribution in [1.82, 2.24) is 10.6 Å². The van der Waals surface area contributed by atoms with Gasteiger partial charge in [0.25, 0.3) is 0 Å². The number of carbonyl (C=O) groups is 1. The van der Waals surface area contributed by atoms with Crippen LogP contribution in [-0.2, 0) is 9.53 Å². The number of ether oxygens (including phenoxy) is 1. The Kier molecular flexibility index (Phi) is 3.97. The van der Waals surface area contributed by atoms with Crippen LogP contribution >= 0.6 is 0 Å². The van der Waals surface area contributed by atoms with Crippen molar-refractivity contribution in [3.05, 3.63) is 0 Å². The van der Waals surface area contributed by atoms with Gasteiger partial charge in [-0.25, -0.2) is 0 Å². The number of amides is 1. The van der Waals surface area contributed by atoms with Gasteiger partial charge in [-0.2, -0.15) is 0 Å². The van der Waals surface area contributed by atoms with Gasteiger partial charge in [0.15, 0.2) is 0 Å². The zero-order chi connectivity index (χ0) is 10.5. The first-order valence-electron chi connectivity index (χ1n) is 5.93. The molecule has 15 heavy (non-hydrogen) atoms. The zero-order valence-electron chi connectivity index (χ0n) is 9.13. The Balaban J connectivity index is 1.57. The molecular formula is C11H20N2O2. The van der Waals surface area contributed by atoms with Gasteiger partial charge < -0.3 is 15.4 Å². The van der Waals surface area contributed by atoms with Gasteiger partial charge in [0.1, 0.15) is 0 Å². The summed E-state index contributed by atoms with van der Waals surface area (Å²) < 4.78 is 5.55. The number of rotatable bonds is 4. The summed E-state index contributed by atoms with van der Waals surface area (Å²) in [5.41, 5.74) is 0. The minimum Gasteiger partial charge on any atom is -0.376 e. The van der Waals surface area contributed by atoms with Crippen molar-refractivity contribution < 1.29 is 9.53 Å². The zero-order valence-corrected chi connectivity index (χ0v) is 9.13. The molecule has 86 valence electrons. The second-order valence-electron chi connectivity index (χ2n) is 4.52. The minimum absolute atomic E-state index is 0.177. The second-order valence-corrected chi connectivity index (χ2v) is 4.52. The van der Waals surface area contributed by atoms with Crippen LogP contribution in [0.5, 0.6) is 0 Å². The van der Waals surface area contributed by atoms with Crippen LogP contribution in [0.2, 0.25) is 0 Å². The summed E-state index contributed by atoms with van der Waals surface area (Å²) in [6, 6.07) is 0. The number of hydrogen-bond donors (Lipinski definition) is 2. The highest BCUT2D eigenvalue weighted by Gasteiger charge is 2.21. The normalized spacial score (nSPS) is 27.1. The van der Waals surface area contributed by atoms with E-state index in [1.165, 1.54) is 6.42 Å². The summed E-state index contributed by atoms with van der Waals surface area (Å²) in [5, 5.41) is 6.13. The summed E-state index contributed by atoms with van der Waals surface area (Å²) in [6.07, 6.45) is 4.40. The van der Waals surface area contributed by atoms with Crippen LogP contribution in [0.15, 0.2) is 0 Å². The fourth-order valence-corrected chi connectivity index (χ4v) is 2.02. The molecule has 0 spiro atoms. The van der Waals surface area contributed by atoms with Gasteiger partial charge in [0.2, 0.25) is 5.91 Å². The van der Waals surface area contributed by atoms with Crippen LogP contribution in [0.3, 0.4) is 0 Å². The van der Waals surface area contributed by atoms with Gasteiger partial charge in [-0.15, -0.1) is 0 Å². The predicted octanol–water partition coefficient (Wildman–Crippen LogP) is 0.281. The summed E-state index contributed by atoms with van der Waals surface area (Å²) in [6.45, 7) is 3.53. The topological polar surface area (TPSA) is 50.4 Å². The lowest BCUT2D eigenvalue weighted by molar-refractivity contribution is -0.123. The average molecular weight is 212 g/mol. The lowest BCUT2D eigenvalue weighted by atomic mass is 9.99. The molecule has 2 N–H and O–H groups in total. The molecule has 0 aromatic rings. The third-order valence-electron chi connectivity index (χ3n) is 3.14. The predicted molar refractivity (Wildman–Crippen MR) is 57.6 cm³/mol.